The van der Waals surface area contributed by atoms with Crippen molar-refractivity contribution in [1.82, 2.24) is 15.1 Å². The standard InChI is InChI=1S/C23H35N3O2/c1-17-7-6-10-19(15-17)21-12-11-20(22(27)24-13-14-25(2)3)16-26(21)23(28)18-8-4-5-9-18/h6-7,10,15,18,20-21H,4-5,8-9,11-14,16H2,1-3H3,(H,24,27)/t20-,21+/m0/s1. The quantitative estimate of drug-likeness (QED) is 0.818. The number of hydrogen-bond donors (Lipinski definition) is 1. The fraction of sp³-hybridized carbons (Fsp3) is 0.652. The van der Waals surface area contributed by atoms with Crippen LogP contribution in [0.2, 0.25) is 0 Å². The number of aryl methyl sites for hydroxylation is 1. The predicted octanol–water partition coefficient (Wildman–Crippen LogP) is 3.14. The molecule has 2 atom stereocenters. The number of nitrogens with one attached hydrogen (secondary N) is 1. The fourth-order valence-corrected chi connectivity index (χ4v) is 4.61. The van der Waals surface area contributed by atoms with Crippen molar-refractivity contribution in [2.45, 2.75) is 51.5 Å². The first-order valence-electron chi connectivity index (χ1n) is 10.7. The molecule has 0 spiro atoms. The van der Waals surface area contributed by atoms with Gasteiger partial charge in [-0.15, -0.1) is 0 Å². The van der Waals surface area contributed by atoms with Gasteiger partial charge in [-0.1, -0.05) is 42.7 Å². The number of likely N-dealkylation sites (N-methyl/N-ethyl adjacent to an activating group) is 1. The Kier molecular flexibility index (Phi) is 7.11. The van der Waals surface area contributed by atoms with Gasteiger partial charge in [0.15, 0.2) is 0 Å². The van der Waals surface area contributed by atoms with E-state index in [1.54, 1.807) is 0 Å². The Morgan fingerprint density at radius 2 is 1.86 bits per heavy atom. The number of carbonyl (C=O) groups is 2. The topological polar surface area (TPSA) is 52.7 Å². The highest BCUT2D eigenvalue weighted by molar-refractivity contribution is 5.83. The largest absolute Gasteiger partial charge is 0.355 e. The minimum atomic E-state index is -0.103. The van der Waals surface area contributed by atoms with Crippen molar-refractivity contribution in [3.8, 4) is 0 Å². The van der Waals surface area contributed by atoms with Crippen LogP contribution in [0.3, 0.4) is 0 Å². The summed E-state index contributed by atoms with van der Waals surface area (Å²) in [4.78, 5) is 30.1. The molecule has 154 valence electrons. The van der Waals surface area contributed by atoms with Gasteiger partial charge in [0.1, 0.15) is 0 Å². The van der Waals surface area contributed by atoms with Gasteiger partial charge in [0.2, 0.25) is 11.8 Å². The van der Waals surface area contributed by atoms with E-state index in [4.69, 9.17) is 0 Å². The molecule has 1 N–H and O–H groups in total. The maximum absolute atomic E-state index is 13.3. The average Bonchev–Trinajstić information content (AvgIpc) is 3.21. The fourth-order valence-electron chi connectivity index (χ4n) is 4.61. The Balaban J connectivity index is 1.73. The Bertz CT molecular complexity index is 682. The highest BCUT2D eigenvalue weighted by atomic mass is 16.2. The van der Waals surface area contributed by atoms with Gasteiger partial charge in [-0.25, -0.2) is 0 Å². The van der Waals surface area contributed by atoms with Gasteiger partial charge >= 0.3 is 0 Å². The highest BCUT2D eigenvalue weighted by Crippen LogP contribution is 2.37. The van der Waals surface area contributed by atoms with Crippen molar-refractivity contribution < 1.29 is 9.59 Å². The zero-order valence-electron chi connectivity index (χ0n) is 17.6. The monoisotopic (exact) mass is 385 g/mol. The van der Waals surface area contributed by atoms with E-state index < -0.39 is 0 Å². The number of nitrogens with zero attached hydrogens (tertiary/aromatic N) is 2. The van der Waals surface area contributed by atoms with Gasteiger partial charge in [-0.2, -0.15) is 0 Å². The van der Waals surface area contributed by atoms with Crippen molar-refractivity contribution in [1.29, 1.82) is 0 Å². The summed E-state index contributed by atoms with van der Waals surface area (Å²) in [5.74, 6) is 0.389. The summed E-state index contributed by atoms with van der Waals surface area (Å²) >= 11 is 0. The number of amides is 2. The number of carbonyl (C=O) groups excluding carboxylic acids is 2. The van der Waals surface area contributed by atoms with Gasteiger partial charge in [-0.05, 0) is 52.3 Å². The molecule has 5 nitrogen and oxygen atoms in total. The molecule has 3 rings (SSSR count). The first-order chi connectivity index (χ1) is 13.5. The van der Waals surface area contributed by atoms with Gasteiger partial charge in [0.05, 0.1) is 12.0 Å². The second-order valence-electron chi connectivity index (χ2n) is 8.77. The van der Waals surface area contributed by atoms with Crippen LogP contribution in [0.1, 0.15) is 55.7 Å². The second-order valence-corrected chi connectivity index (χ2v) is 8.77. The molecule has 0 bridgehead atoms. The van der Waals surface area contributed by atoms with Crippen molar-refractivity contribution in [2.24, 2.45) is 11.8 Å². The summed E-state index contributed by atoms with van der Waals surface area (Å²) in [6, 6.07) is 8.58. The summed E-state index contributed by atoms with van der Waals surface area (Å²) in [6.45, 7) is 4.12. The molecule has 2 aliphatic rings. The van der Waals surface area contributed by atoms with E-state index in [1.807, 2.05) is 19.0 Å². The van der Waals surface area contributed by atoms with E-state index in [-0.39, 0.29) is 29.7 Å². The summed E-state index contributed by atoms with van der Waals surface area (Å²) in [5, 5.41) is 3.06. The van der Waals surface area contributed by atoms with E-state index in [1.165, 1.54) is 11.1 Å². The van der Waals surface area contributed by atoms with Crippen LogP contribution in [0.4, 0.5) is 0 Å². The lowest BCUT2D eigenvalue weighted by atomic mass is 9.86. The van der Waals surface area contributed by atoms with E-state index >= 15 is 0 Å². The molecule has 5 heteroatoms. The van der Waals surface area contributed by atoms with E-state index in [2.05, 4.69) is 41.4 Å². The van der Waals surface area contributed by atoms with E-state index in [0.717, 1.165) is 45.1 Å². The van der Waals surface area contributed by atoms with Gasteiger partial charge in [0.25, 0.3) is 0 Å². The highest BCUT2D eigenvalue weighted by Gasteiger charge is 2.38. The molecule has 0 aromatic heterocycles. The van der Waals surface area contributed by atoms with Crippen LogP contribution in [-0.2, 0) is 9.59 Å². The molecule has 0 unspecified atom stereocenters. The third-order valence-corrected chi connectivity index (χ3v) is 6.23. The lowest BCUT2D eigenvalue weighted by molar-refractivity contribution is -0.142. The van der Waals surface area contributed by atoms with Crippen LogP contribution in [0.15, 0.2) is 24.3 Å². The van der Waals surface area contributed by atoms with Crippen LogP contribution in [0.25, 0.3) is 0 Å². The molecule has 1 saturated carbocycles. The third kappa shape index (κ3) is 5.13. The zero-order chi connectivity index (χ0) is 20.1. The molecule has 1 aliphatic heterocycles. The van der Waals surface area contributed by atoms with E-state index in [0.29, 0.717) is 13.1 Å². The molecule has 1 aromatic carbocycles. The van der Waals surface area contributed by atoms with Crippen LogP contribution < -0.4 is 5.32 Å². The molecule has 2 amide bonds. The molecule has 28 heavy (non-hydrogen) atoms. The average molecular weight is 386 g/mol. The lowest BCUT2D eigenvalue weighted by Gasteiger charge is -2.41. The second kappa shape index (κ2) is 9.55. The van der Waals surface area contributed by atoms with Gasteiger partial charge in [0, 0.05) is 25.6 Å². The molecule has 1 aliphatic carbocycles. The minimum Gasteiger partial charge on any atom is -0.355 e. The van der Waals surface area contributed by atoms with Crippen LogP contribution in [0.5, 0.6) is 0 Å². The summed E-state index contributed by atoms with van der Waals surface area (Å²) in [6.07, 6.45) is 5.97. The van der Waals surface area contributed by atoms with Crippen LogP contribution in [0, 0.1) is 18.8 Å². The van der Waals surface area contributed by atoms with E-state index in [9.17, 15) is 9.59 Å². The normalized spacial score (nSPS) is 23.2. The summed E-state index contributed by atoms with van der Waals surface area (Å²) in [5.41, 5.74) is 2.42. The number of rotatable bonds is 6. The predicted molar refractivity (Wildman–Crippen MR) is 112 cm³/mol. The molecule has 2 fully saturated rings. The third-order valence-electron chi connectivity index (χ3n) is 6.23. The SMILES string of the molecule is Cc1cccc([C@H]2CC[C@H](C(=O)NCCN(C)C)CN2C(=O)C2CCCC2)c1. The van der Waals surface area contributed by atoms with Crippen LogP contribution in [-0.4, -0.2) is 55.3 Å². The first kappa shape index (κ1) is 20.8. The molecule has 1 aromatic rings. The number of benzene rings is 1. The smallest absolute Gasteiger partial charge is 0.226 e. The molecular weight excluding hydrogens is 350 g/mol. The Morgan fingerprint density at radius 3 is 2.54 bits per heavy atom. The molecule has 0 radical (unpaired) electrons. The number of piperidine rings is 1. The molecule has 1 heterocycles. The van der Waals surface area contributed by atoms with Crippen molar-refractivity contribution in [2.75, 3.05) is 33.7 Å². The van der Waals surface area contributed by atoms with Gasteiger partial charge < -0.3 is 15.1 Å². The number of hydrogen-bond acceptors (Lipinski definition) is 3. The summed E-state index contributed by atoms with van der Waals surface area (Å²) in [7, 11) is 4.00. The zero-order valence-corrected chi connectivity index (χ0v) is 17.6. The van der Waals surface area contributed by atoms with Crippen LogP contribution >= 0.6 is 0 Å². The van der Waals surface area contributed by atoms with Crippen molar-refractivity contribution in [3.05, 3.63) is 35.4 Å². The maximum Gasteiger partial charge on any atom is 0.226 e. The summed E-state index contributed by atoms with van der Waals surface area (Å²) < 4.78 is 0. The first-order valence-corrected chi connectivity index (χ1v) is 10.7. The Morgan fingerprint density at radius 1 is 1.11 bits per heavy atom. The van der Waals surface area contributed by atoms with Gasteiger partial charge in [-0.3, -0.25) is 9.59 Å². The molecule has 1 saturated heterocycles. The number of likely N-dealkylation sites (tertiary alicyclic amines) is 1. The maximum atomic E-state index is 13.3. The lowest BCUT2D eigenvalue weighted by Crippen LogP contribution is -2.49. The Hall–Kier alpha value is -1.88. The molecular formula is C23H35N3O2. The van der Waals surface area contributed by atoms with Crippen molar-refractivity contribution in [3.63, 3.8) is 0 Å². The Labute approximate surface area is 169 Å². The van der Waals surface area contributed by atoms with Crippen molar-refractivity contribution >= 4 is 11.8 Å². The minimum absolute atomic E-state index is 0.0914.